The molecule has 0 unspecified atom stereocenters. The Kier molecular flexibility index (Phi) is 5.02. The van der Waals surface area contributed by atoms with Crippen molar-refractivity contribution in [1.82, 2.24) is 9.47 Å². The Morgan fingerprint density at radius 1 is 0.903 bits per heavy atom. The lowest BCUT2D eigenvalue weighted by atomic mass is 9.82. The molecule has 1 spiro atoms. The first-order valence-corrected chi connectivity index (χ1v) is 10.7. The maximum absolute atomic E-state index is 5.53. The Bertz CT molecular complexity index is 1060. The molecule has 2 aliphatic heterocycles. The zero-order chi connectivity index (χ0) is 21.4. The SMILES string of the molecule is COc1cc(CN2CCC3(CC2)Nc2ccccc2-n2cccc23)cc(OC)c1OC. The summed E-state index contributed by atoms with van der Waals surface area (Å²) >= 11 is 0. The fraction of sp³-hybridized carbons (Fsp3) is 0.360. The number of hydrogen-bond acceptors (Lipinski definition) is 5. The van der Waals surface area contributed by atoms with Crippen molar-refractivity contribution in [3.8, 4) is 22.9 Å². The number of ether oxygens (including phenoxy) is 3. The standard InChI is InChI=1S/C25H29N3O3/c1-29-21-15-18(16-22(30-2)24(21)31-3)17-27-13-10-25(11-14-27)23-9-6-12-28(23)20-8-5-4-7-19(20)26-25/h4-9,12,15-16,26H,10-11,13-14,17H2,1-3H3. The lowest BCUT2D eigenvalue weighted by molar-refractivity contribution is 0.161. The molecule has 1 aromatic heterocycles. The van der Waals surface area contributed by atoms with Crippen LogP contribution < -0.4 is 19.5 Å². The van der Waals surface area contributed by atoms with Crippen LogP contribution >= 0.6 is 0 Å². The predicted octanol–water partition coefficient (Wildman–Crippen LogP) is 4.42. The molecule has 0 bridgehead atoms. The molecule has 6 heteroatoms. The molecule has 0 amide bonds. The topological polar surface area (TPSA) is 47.9 Å². The Morgan fingerprint density at radius 2 is 1.61 bits per heavy atom. The minimum atomic E-state index is -0.0242. The Hall–Kier alpha value is -3.12. The van der Waals surface area contributed by atoms with E-state index < -0.39 is 0 Å². The van der Waals surface area contributed by atoms with Crippen LogP contribution in [0.15, 0.2) is 54.7 Å². The van der Waals surface area contributed by atoms with Gasteiger partial charge in [0.1, 0.15) is 0 Å². The summed E-state index contributed by atoms with van der Waals surface area (Å²) in [6.07, 6.45) is 4.28. The predicted molar refractivity (Wildman–Crippen MR) is 122 cm³/mol. The minimum Gasteiger partial charge on any atom is -0.493 e. The van der Waals surface area contributed by atoms with Crippen molar-refractivity contribution >= 4 is 5.69 Å². The van der Waals surface area contributed by atoms with Gasteiger partial charge in [0.05, 0.1) is 38.2 Å². The molecular formula is C25H29N3O3. The summed E-state index contributed by atoms with van der Waals surface area (Å²) in [6, 6.07) is 17.1. The van der Waals surface area contributed by atoms with Gasteiger partial charge in [0, 0.05) is 31.5 Å². The zero-order valence-electron chi connectivity index (χ0n) is 18.4. The van der Waals surface area contributed by atoms with E-state index >= 15 is 0 Å². The van der Waals surface area contributed by atoms with Gasteiger partial charge in [-0.25, -0.2) is 0 Å². The number of fused-ring (bicyclic) bond motifs is 4. The van der Waals surface area contributed by atoms with Gasteiger partial charge in [-0.15, -0.1) is 0 Å². The van der Waals surface area contributed by atoms with Gasteiger partial charge in [0.25, 0.3) is 0 Å². The number of nitrogens with zero attached hydrogens (tertiary/aromatic N) is 2. The fourth-order valence-corrected chi connectivity index (χ4v) is 5.05. The summed E-state index contributed by atoms with van der Waals surface area (Å²) in [7, 11) is 4.95. The second-order valence-electron chi connectivity index (χ2n) is 8.30. The van der Waals surface area contributed by atoms with E-state index in [0.717, 1.165) is 38.0 Å². The van der Waals surface area contributed by atoms with E-state index in [1.807, 2.05) is 12.1 Å². The second kappa shape index (κ2) is 7.85. The van der Waals surface area contributed by atoms with E-state index in [4.69, 9.17) is 14.2 Å². The number of aromatic nitrogens is 1. The number of methoxy groups -OCH3 is 3. The summed E-state index contributed by atoms with van der Waals surface area (Å²) in [6.45, 7) is 2.87. The number of para-hydroxylation sites is 2. The molecule has 6 nitrogen and oxygen atoms in total. The second-order valence-corrected chi connectivity index (χ2v) is 8.30. The van der Waals surface area contributed by atoms with Gasteiger partial charge in [-0.05, 0) is 54.8 Å². The van der Waals surface area contributed by atoms with Crippen LogP contribution in [0.1, 0.15) is 24.1 Å². The molecule has 0 atom stereocenters. The molecule has 0 aliphatic carbocycles. The van der Waals surface area contributed by atoms with Crippen LogP contribution in [0.4, 0.5) is 5.69 Å². The van der Waals surface area contributed by atoms with E-state index in [0.29, 0.717) is 17.2 Å². The number of hydrogen-bond donors (Lipinski definition) is 1. The first-order chi connectivity index (χ1) is 15.2. The highest BCUT2D eigenvalue weighted by Crippen LogP contribution is 2.44. The third-order valence-electron chi connectivity index (χ3n) is 6.62. The van der Waals surface area contributed by atoms with Gasteiger partial charge in [-0.3, -0.25) is 4.90 Å². The quantitative estimate of drug-likeness (QED) is 0.663. The molecular weight excluding hydrogens is 390 g/mol. The number of piperidine rings is 1. The van der Waals surface area contributed by atoms with Gasteiger partial charge in [0.2, 0.25) is 5.75 Å². The molecule has 3 heterocycles. The third-order valence-corrected chi connectivity index (χ3v) is 6.62. The van der Waals surface area contributed by atoms with Crippen LogP contribution in [-0.4, -0.2) is 43.9 Å². The van der Waals surface area contributed by atoms with Crippen molar-refractivity contribution in [2.24, 2.45) is 0 Å². The van der Waals surface area contributed by atoms with Gasteiger partial charge < -0.3 is 24.1 Å². The van der Waals surface area contributed by atoms with Crippen LogP contribution in [0.25, 0.3) is 5.69 Å². The van der Waals surface area contributed by atoms with E-state index in [2.05, 4.69) is 57.4 Å². The average Bonchev–Trinajstić information content (AvgIpc) is 3.31. The summed E-state index contributed by atoms with van der Waals surface area (Å²) in [5.41, 5.74) is 4.94. The minimum absolute atomic E-state index is 0.0242. The highest BCUT2D eigenvalue weighted by Gasteiger charge is 2.41. The molecule has 0 saturated carbocycles. The Labute approximate surface area is 183 Å². The van der Waals surface area contributed by atoms with Crippen molar-refractivity contribution in [2.45, 2.75) is 24.9 Å². The number of benzene rings is 2. The van der Waals surface area contributed by atoms with Crippen LogP contribution in [-0.2, 0) is 12.1 Å². The van der Waals surface area contributed by atoms with Crippen LogP contribution in [0.5, 0.6) is 17.2 Å². The number of rotatable bonds is 5. The van der Waals surface area contributed by atoms with Crippen LogP contribution in [0.3, 0.4) is 0 Å². The molecule has 2 aliphatic rings. The third kappa shape index (κ3) is 3.31. The lowest BCUT2D eigenvalue weighted by Crippen LogP contribution is -2.49. The maximum Gasteiger partial charge on any atom is 0.203 e. The van der Waals surface area contributed by atoms with Crippen molar-refractivity contribution in [2.75, 3.05) is 39.7 Å². The zero-order valence-corrected chi connectivity index (χ0v) is 18.4. The van der Waals surface area contributed by atoms with Gasteiger partial charge in [-0.1, -0.05) is 12.1 Å². The Morgan fingerprint density at radius 3 is 2.29 bits per heavy atom. The number of anilines is 1. The van der Waals surface area contributed by atoms with E-state index in [1.165, 1.54) is 17.1 Å². The summed E-state index contributed by atoms with van der Waals surface area (Å²) < 4.78 is 18.9. The van der Waals surface area contributed by atoms with Gasteiger partial charge in [0.15, 0.2) is 11.5 Å². The maximum atomic E-state index is 5.53. The van der Waals surface area contributed by atoms with Gasteiger partial charge in [-0.2, -0.15) is 0 Å². The van der Waals surface area contributed by atoms with Gasteiger partial charge >= 0.3 is 0 Å². The molecule has 5 rings (SSSR count). The van der Waals surface area contributed by atoms with Crippen molar-refractivity contribution in [3.63, 3.8) is 0 Å². The number of likely N-dealkylation sites (tertiary alicyclic amines) is 1. The van der Waals surface area contributed by atoms with E-state index in [1.54, 1.807) is 21.3 Å². The lowest BCUT2D eigenvalue weighted by Gasteiger charge is -2.46. The first kappa shape index (κ1) is 19.8. The average molecular weight is 420 g/mol. The highest BCUT2D eigenvalue weighted by molar-refractivity contribution is 5.67. The highest BCUT2D eigenvalue weighted by atomic mass is 16.5. The van der Waals surface area contributed by atoms with Crippen molar-refractivity contribution in [1.29, 1.82) is 0 Å². The smallest absolute Gasteiger partial charge is 0.203 e. The molecule has 1 fully saturated rings. The van der Waals surface area contributed by atoms with Crippen LogP contribution in [0.2, 0.25) is 0 Å². The van der Waals surface area contributed by atoms with Crippen molar-refractivity contribution in [3.05, 3.63) is 66.0 Å². The number of nitrogens with one attached hydrogen (secondary N) is 1. The summed E-state index contributed by atoms with van der Waals surface area (Å²) in [5, 5.41) is 3.89. The van der Waals surface area contributed by atoms with Crippen molar-refractivity contribution < 1.29 is 14.2 Å². The molecule has 2 aromatic carbocycles. The normalized spacial score (nSPS) is 16.9. The summed E-state index contributed by atoms with van der Waals surface area (Å²) in [5.74, 6) is 2.04. The van der Waals surface area contributed by atoms with E-state index in [-0.39, 0.29) is 5.54 Å². The molecule has 1 N–H and O–H groups in total. The first-order valence-electron chi connectivity index (χ1n) is 10.7. The monoisotopic (exact) mass is 419 g/mol. The summed E-state index contributed by atoms with van der Waals surface area (Å²) in [4.78, 5) is 2.50. The molecule has 0 radical (unpaired) electrons. The largest absolute Gasteiger partial charge is 0.493 e. The molecule has 3 aromatic rings. The Balaban J connectivity index is 1.35. The fourth-order valence-electron chi connectivity index (χ4n) is 5.05. The van der Waals surface area contributed by atoms with E-state index in [9.17, 15) is 0 Å². The molecule has 162 valence electrons. The molecule has 31 heavy (non-hydrogen) atoms. The van der Waals surface area contributed by atoms with Crippen LogP contribution in [0, 0.1) is 0 Å². The molecule has 1 saturated heterocycles.